The van der Waals surface area contributed by atoms with Crippen molar-refractivity contribution >= 4 is 23.4 Å². The van der Waals surface area contributed by atoms with Gasteiger partial charge < -0.3 is 31.5 Å². The lowest BCUT2D eigenvalue weighted by atomic mass is 9.58. The van der Waals surface area contributed by atoms with Gasteiger partial charge in [-0.1, -0.05) is 20.8 Å². The van der Waals surface area contributed by atoms with Crippen LogP contribution in [0, 0.1) is 11.8 Å². The number of hydrogen-bond acceptors (Lipinski definition) is 10. The highest BCUT2D eigenvalue weighted by Gasteiger charge is 2.63. The topological polar surface area (TPSA) is 203 Å². The second kappa shape index (κ2) is 10.6. The van der Waals surface area contributed by atoms with Gasteiger partial charge in [-0.05, 0) is 67.6 Å². The third-order valence-electron chi connectivity index (χ3n) is 8.99. The molecule has 1 aromatic carbocycles. The van der Waals surface area contributed by atoms with Crippen LogP contribution in [-0.2, 0) is 28.0 Å². The molecule has 0 saturated carbocycles. The lowest BCUT2D eigenvalue weighted by molar-refractivity contribution is -0.148. The van der Waals surface area contributed by atoms with Crippen LogP contribution in [0.5, 0.6) is 5.75 Å². The maximum atomic E-state index is 14.2. The Morgan fingerprint density at radius 1 is 1.18 bits per heavy atom. The van der Waals surface area contributed by atoms with E-state index in [1.54, 1.807) is 38.5 Å². The maximum Gasteiger partial charge on any atom is 0.255 e. The molecule has 0 spiro atoms. The van der Waals surface area contributed by atoms with Gasteiger partial charge in [-0.2, -0.15) is 0 Å². The minimum Gasteiger partial charge on any atom is -0.510 e. The Balaban J connectivity index is 1.67. The van der Waals surface area contributed by atoms with Crippen molar-refractivity contribution in [2.24, 2.45) is 17.6 Å². The molecule has 0 saturated heterocycles. The maximum absolute atomic E-state index is 14.2. The normalized spacial score (nSPS) is 25.0. The zero-order chi connectivity index (χ0) is 32.5. The van der Waals surface area contributed by atoms with Gasteiger partial charge >= 0.3 is 0 Å². The first-order chi connectivity index (χ1) is 20.5. The van der Waals surface area contributed by atoms with Gasteiger partial charge in [-0.15, -0.1) is 0 Å². The quantitative estimate of drug-likeness (QED) is 0.273. The van der Waals surface area contributed by atoms with Gasteiger partial charge in [-0.25, -0.2) is 0 Å². The number of aromatic nitrogens is 1. The van der Waals surface area contributed by atoms with Gasteiger partial charge in [-0.3, -0.25) is 29.1 Å². The van der Waals surface area contributed by atoms with E-state index in [0.717, 1.165) is 0 Å². The number of ketones is 2. The summed E-state index contributed by atoms with van der Waals surface area (Å²) in [6.45, 7) is 5.56. The number of likely N-dealkylation sites (N-methyl/N-ethyl adjacent to an activating group) is 1. The Bertz CT molecular complexity index is 1670. The number of rotatable bonds is 5. The van der Waals surface area contributed by atoms with Crippen molar-refractivity contribution in [2.45, 2.75) is 57.2 Å². The zero-order valence-electron chi connectivity index (χ0n) is 25.1. The van der Waals surface area contributed by atoms with E-state index in [9.17, 15) is 39.6 Å². The largest absolute Gasteiger partial charge is 0.510 e. The van der Waals surface area contributed by atoms with E-state index >= 15 is 0 Å². The molecular formula is C32H36N4O8. The molecule has 1 aromatic heterocycles. The molecule has 4 atom stereocenters. The van der Waals surface area contributed by atoms with Gasteiger partial charge in [0.05, 0.1) is 17.2 Å². The molecule has 0 radical (unpaired) electrons. The molecule has 3 aliphatic carbocycles. The summed E-state index contributed by atoms with van der Waals surface area (Å²) in [6.07, 6.45) is 3.06. The number of phenolic OH excluding ortho intramolecular Hbond substituents is 1. The average molecular weight is 605 g/mol. The Kier molecular flexibility index (Phi) is 7.42. The zero-order valence-corrected chi connectivity index (χ0v) is 25.1. The van der Waals surface area contributed by atoms with Gasteiger partial charge in [0.1, 0.15) is 22.8 Å². The predicted molar refractivity (Wildman–Crippen MR) is 158 cm³/mol. The van der Waals surface area contributed by atoms with E-state index in [4.69, 9.17) is 5.73 Å². The number of benzene rings is 1. The number of phenols is 1. The summed E-state index contributed by atoms with van der Waals surface area (Å²) in [6, 6.07) is 3.91. The van der Waals surface area contributed by atoms with Gasteiger partial charge in [0.15, 0.2) is 11.4 Å². The van der Waals surface area contributed by atoms with Crippen LogP contribution in [0.15, 0.2) is 53.3 Å². The Morgan fingerprint density at radius 2 is 1.86 bits per heavy atom. The molecule has 2 aromatic rings. The molecular weight excluding hydrogens is 568 g/mol. The van der Waals surface area contributed by atoms with E-state index < -0.39 is 63.5 Å². The summed E-state index contributed by atoms with van der Waals surface area (Å²) in [5.41, 5.74) is 2.65. The van der Waals surface area contributed by atoms with Gasteiger partial charge in [0.2, 0.25) is 5.78 Å². The molecule has 232 valence electrons. The first-order valence-electron chi connectivity index (χ1n) is 14.2. The highest BCUT2D eigenvalue weighted by molar-refractivity contribution is 6.24. The number of carbonyl (C=O) groups excluding carboxylic acids is 4. The number of nitrogens with two attached hydrogens (primary N) is 1. The summed E-state index contributed by atoms with van der Waals surface area (Å²) in [4.78, 5) is 58.3. The smallest absolute Gasteiger partial charge is 0.255 e. The van der Waals surface area contributed by atoms with E-state index in [2.05, 4.69) is 10.3 Å². The monoisotopic (exact) mass is 604 g/mol. The molecule has 1 heterocycles. The lowest BCUT2D eigenvalue weighted by Gasteiger charge is -2.50. The fourth-order valence-corrected chi connectivity index (χ4v) is 6.90. The summed E-state index contributed by atoms with van der Waals surface area (Å²) >= 11 is 0. The number of nitrogens with zero attached hydrogens (tertiary/aromatic N) is 2. The van der Waals surface area contributed by atoms with Crippen LogP contribution in [0.25, 0.3) is 0 Å². The number of carbonyl (C=O) groups is 4. The lowest BCUT2D eigenvalue weighted by Crippen LogP contribution is -2.63. The van der Waals surface area contributed by atoms with Crippen LogP contribution in [0.1, 0.15) is 64.6 Å². The fraction of sp³-hybridized carbons (Fsp3) is 0.406. The van der Waals surface area contributed by atoms with E-state index in [0.29, 0.717) is 22.3 Å². The number of nitrogens with one attached hydrogen (secondary N) is 1. The third-order valence-corrected chi connectivity index (χ3v) is 8.99. The van der Waals surface area contributed by atoms with Crippen molar-refractivity contribution in [1.82, 2.24) is 15.2 Å². The number of aliphatic hydroxyl groups is 3. The summed E-state index contributed by atoms with van der Waals surface area (Å²) in [5.74, 6) is -7.46. The molecule has 7 N–H and O–H groups in total. The molecule has 2 amide bonds. The Hall–Kier alpha value is -4.55. The van der Waals surface area contributed by atoms with Crippen LogP contribution < -0.4 is 11.1 Å². The minimum atomic E-state index is -2.72. The van der Waals surface area contributed by atoms with Crippen molar-refractivity contribution < 1.29 is 39.6 Å². The summed E-state index contributed by atoms with van der Waals surface area (Å²) < 4.78 is 0. The number of aromatic hydroxyl groups is 1. The van der Waals surface area contributed by atoms with Crippen LogP contribution in [0.3, 0.4) is 0 Å². The number of hydrogen-bond donors (Lipinski definition) is 6. The predicted octanol–water partition coefficient (Wildman–Crippen LogP) is 1.74. The Labute approximate surface area is 253 Å². The van der Waals surface area contributed by atoms with Crippen molar-refractivity contribution in [2.75, 3.05) is 14.1 Å². The van der Waals surface area contributed by atoms with Gasteiger partial charge in [0.25, 0.3) is 11.8 Å². The second-order valence-corrected chi connectivity index (χ2v) is 12.9. The van der Waals surface area contributed by atoms with Crippen molar-refractivity contribution in [3.63, 3.8) is 0 Å². The van der Waals surface area contributed by atoms with Crippen LogP contribution >= 0.6 is 0 Å². The summed E-state index contributed by atoms with van der Waals surface area (Å²) in [7, 11) is 3.14. The third kappa shape index (κ3) is 4.56. The number of aliphatic hydroxyl groups excluding tert-OH is 2. The molecule has 0 fully saturated rings. The number of fused-ring (bicyclic) bond motifs is 3. The molecule has 4 unspecified atom stereocenters. The molecule has 5 rings (SSSR count). The highest BCUT2D eigenvalue weighted by Crippen LogP contribution is 2.53. The minimum absolute atomic E-state index is 0.0160. The molecule has 0 bridgehead atoms. The number of pyridine rings is 1. The van der Waals surface area contributed by atoms with Crippen molar-refractivity contribution in [3.05, 3.63) is 81.1 Å². The summed E-state index contributed by atoms with van der Waals surface area (Å²) in [5, 5.41) is 48.7. The highest BCUT2D eigenvalue weighted by atomic mass is 16.3. The molecule has 12 nitrogen and oxygen atoms in total. The molecule has 12 heteroatoms. The van der Waals surface area contributed by atoms with Crippen LogP contribution in [-0.4, -0.2) is 79.4 Å². The number of primary amides is 1. The number of Topliss-reactive ketones (excluding diaryl/α,β-unsaturated/α-hetero) is 2. The molecule has 44 heavy (non-hydrogen) atoms. The first kappa shape index (κ1) is 30.9. The van der Waals surface area contributed by atoms with Crippen LogP contribution in [0.4, 0.5) is 0 Å². The van der Waals surface area contributed by atoms with E-state index in [1.807, 2.05) is 20.8 Å². The van der Waals surface area contributed by atoms with Crippen LogP contribution in [0.2, 0.25) is 0 Å². The van der Waals surface area contributed by atoms with Crippen molar-refractivity contribution in [3.8, 4) is 5.75 Å². The van der Waals surface area contributed by atoms with Gasteiger partial charge in [0, 0.05) is 36.0 Å². The first-order valence-corrected chi connectivity index (χ1v) is 14.2. The second-order valence-electron chi connectivity index (χ2n) is 12.9. The molecule has 0 aliphatic heterocycles. The number of amides is 2. The standard InChI is InChI=1S/C32H36N4O8/c1-31(2,3)19-11-16(13-35-30(43)14-7-6-8-34-12-14)17-9-15-10-18-23(36(4)5)26(39)22(29(33)42)28(41)32(18,44)27(40)20(15)25(38)21(17)24(19)37/h6-8,11-12,15,18,23,37,39-40,44H,9-10,13H2,1-5H3,(H2,33,42)(H,35,43). The fourth-order valence-electron chi connectivity index (χ4n) is 6.90. The molecule has 3 aliphatic rings. The average Bonchev–Trinajstić information content (AvgIpc) is 2.93. The van der Waals surface area contributed by atoms with E-state index in [-0.39, 0.29) is 42.2 Å². The SMILES string of the molecule is CN(C)C1C(O)=C(C(N)=O)C(=O)C2(O)C(O)=C3C(=O)c4c(O)c(C(C)(C)C)cc(CNC(=O)c5cccnc5)c4CC3CC12. The van der Waals surface area contributed by atoms with Crippen molar-refractivity contribution in [1.29, 1.82) is 0 Å². The number of allylic oxidation sites excluding steroid dienone is 1. The Morgan fingerprint density at radius 3 is 2.43 bits per heavy atom. The van der Waals surface area contributed by atoms with E-state index in [1.165, 1.54) is 11.1 Å².